The third-order valence-electron chi connectivity index (χ3n) is 2.73. The van der Waals surface area contributed by atoms with E-state index >= 15 is 0 Å². The van der Waals surface area contributed by atoms with Crippen molar-refractivity contribution in [2.45, 2.75) is 25.8 Å². The van der Waals surface area contributed by atoms with Crippen molar-refractivity contribution in [3.63, 3.8) is 0 Å². The average Bonchev–Trinajstić information content (AvgIpc) is 2.89. The molecule has 4 nitrogen and oxygen atoms in total. The number of aromatic nitrogens is 3. The van der Waals surface area contributed by atoms with Gasteiger partial charge in [0.15, 0.2) is 0 Å². The first-order valence-corrected chi connectivity index (χ1v) is 5.68. The van der Waals surface area contributed by atoms with Crippen LogP contribution in [0.25, 0.3) is 0 Å². The Morgan fingerprint density at radius 2 is 2.35 bits per heavy atom. The number of pyridine rings is 1. The van der Waals surface area contributed by atoms with E-state index in [1.54, 1.807) is 12.4 Å². The van der Waals surface area contributed by atoms with E-state index in [1.165, 1.54) is 0 Å². The highest BCUT2D eigenvalue weighted by atomic mass is 15.0. The molecule has 17 heavy (non-hydrogen) atoms. The van der Waals surface area contributed by atoms with Gasteiger partial charge in [0, 0.05) is 18.6 Å². The lowest BCUT2D eigenvalue weighted by Gasteiger charge is -2.18. The molecule has 0 aliphatic rings. The van der Waals surface area contributed by atoms with Crippen molar-refractivity contribution in [3.8, 4) is 6.07 Å². The molecular weight excluding hydrogens is 212 g/mol. The van der Waals surface area contributed by atoms with Gasteiger partial charge in [0.25, 0.3) is 0 Å². The lowest BCUT2D eigenvalue weighted by molar-refractivity contribution is 0.532. The Labute approximate surface area is 101 Å². The highest BCUT2D eigenvalue weighted by Gasteiger charge is 2.12. The first-order valence-electron chi connectivity index (χ1n) is 5.68. The Morgan fingerprint density at radius 3 is 3.00 bits per heavy atom. The molecule has 1 atom stereocenters. The lowest BCUT2D eigenvalue weighted by Crippen LogP contribution is -2.09. The van der Waals surface area contributed by atoms with Crippen molar-refractivity contribution < 1.29 is 0 Å². The standard InChI is InChI=1S/C13H14N4/c1-2-3-13(17-7-6-15-10-17)11-4-5-16-12(8-11)9-14/h4-8,10,13H,2-3H2,1H3. The summed E-state index contributed by atoms with van der Waals surface area (Å²) in [5, 5.41) is 8.87. The van der Waals surface area contributed by atoms with E-state index in [4.69, 9.17) is 5.26 Å². The van der Waals surface area contributed by atoms with Crippen LogP contribution in [0.15, 0.2) is 37.1 Å². The van der Waals surface area contributed by atoms with E-state index < -0.39 is 0 Å². The van der Waals surface area contributed by atoms with Crippen molar-refractivity contribution in [2.75, 3.05) is 0 Å². The first-order chi connectivity index (χ1) is 8.35. The van der Waals surface area contributed by atoms with Crippen molar-refractivity contribution in [3.05, 3.63) is 48.3 Å². The Morgan fingerprint density at radius 1 is 1.47 bits per heavy atom. The Hall–Kier alpha value is -2.15. The van der Waals surface area contributed by atoms with Crippen LogP contribution in [0.4, 0.5) is 0 Å². The first kappa shape index (κ1) is 11.3. The fraction of sp³-hybridized carbons (Fsp3) is 0.308. The molecule has 0 bridgehead atoms. The van der Waals surface area contributed by atoms with Gasteiger partial charge in [0.1, 0.15) is 11.8 Å². The second-order valence-corrected chi connectivity index (χ2v) is 3.90. The van der Waals surface area contributed by atoms with E-state index in [1.807, 2.05) is 24.7 Å². The highest BCUT2D eigenvalue weighted by Crippen LogP contribution is 2.23. The molecule has 86 valence electrons. The summed E-state index contributed by atoms with van der Waals surface area (Å²) in [6.07, 6.45) is 9.32. The lowest BCUT2D eigenvalue weighted by atomic mass is 10.0. The molecule has 0 aromatic carbocycles. The normalized spacial score (nSPS) is 12.0. The number of hydrogen-bond acceptors (Lipinski definition) is 3. The third-order valence-corrected chi connectivity index (χ3v) is 2.73. The molecule has 2 heterocycles. The van der Waals surface area contributed by atoms with Crippen LogP contribution in [0.3, 0.4) is 0 Å². The fourth-order valence-electron chi connectivity index (χ4n) is 1.93. The topological polar surface area (TPSA) is 54.5 Å². The zero-order valence-electron chi connectivity index (χ0n) is 9.74. The van der Waals surface area contributed by atoms with E-state index in [9.17, 15) is 0 Å². The van der Waals surface area contributed by atoms with Crippen LogP contribution >= 0.6 is 0 Å². The second-order valence-electron chi connectivity index (χ2n) is 3.90. The Kier molecular flexibility index (Phi) is 3.51. The SMILES string of the molecule is CCCC(c1ccnc(C#N)c1)n1ccnc1. The summed E-state index contributed by atoms with van der Waals surface area (Å²) in [6, 6.07) is 6.11. The molecule has 2 rings (SSSR count). The van der Waals surface area contributed by atoms with Gasteiger partial charge in [-0.25, -0.2) is 9.97 Å². The second kappa shape index (κ2) is 5.26. The predicted octanol–water partition coefficient (Wildman–Crippen LogP) is 2.54. The quantitative estimate of drug-likeness (QED) is 0.805. The van der Waals surface area contributed by atoms with Crippen molar-refractivity contribution >= 4 is 0 Å². The minimum absolute atomic E-state index is 0.234. The van der Waals surface area contributed by atoms with Gasteiger partial charge in [-0.3, -0.25) is 0 Å². The van der Waals surface area contributed by atoms with Gasteiger partial charge in [-0.2, -0.15) is 5.26 Å². The number of hydrogen-bond donors (Lipinski definition) is 0. The average molecular weight is 226 g/mol. The minimum Gasteiger partial charge on any atom is -0.330 e. The van der Waals surface area contributed by atoms with Crippen LogP contribution in [0.5, 0.6) is 0 Å². The summed E-state index contributed by atoms with van der Waals surface area (Å²) in [6.45, 7) is 2.15. The molecule has 0 spiro atoms. The van der Waals surface area contributed by atoms with Gasteiger partial charge in [0.05, 0.1) is 12.4 Å². The van der Waals surface area contributed by atoms with Crippen molar-refractivity contribution in [1.29, 1.82) is 5.26 Å². The molecule has 1 unspecified atom stereocenters. The molecule has 2 aromatic heterocycles. The highest BCUT2D eigenvalue weighted by molar-refractivity contribution is 5.28. The molecule has 4 heteroatoms. The fourth-order valence-corrected chi connectivity index (χ4v) is 1.93. The van der Waals surface area contributed by atoms with Crippen molar-refractivity contribution in [1.82, 2.24) is 14.5 Å². The minimum atomic E-state index is 0.234. The molecule has 0 aliphatic carbocycles. The van der Waals surface area contributed by atoms with Crippen LogP contribution in [0, 0.1) is 11.3 Å². The van der Waals surface area contributed by atoms with E-state index in [-0.39, 0.29) is 6.04 Å². The van der Waals surface area contributed by atoms with E-state index in [0.29, 0.717) is 5.69 Å². The van der Waals surface area contributed by atoms with Crippen LogP contribution in [-0.4, -0.2) is 14.5 Å². The summed E-state index contributed by atoms with van der Waals surface area (Å²) >= 11 is 0. The maximum atomic E-state index is 8.87. The van der Waals surface area contributed by atoms with Gasteiger partial charge in [-0.15, -0.1) is 0 Å². The molecule has 0 N–H and O–H groups in total. The largest absolute Gasteiger partial charge is 0.330 e. The van der Waals surface area contributed by atoms with Crippen LogP contribution in [-0.2, 0) is 0 Å². The molecule has 0 saturated carbocycles. The number of rotatable bonds is 4. The Balaban J connectivity index is 2.36. The van der Waals surface area contributed by atoms with Gasteiger partial charge in [0.2, 0.25) is 0 Å². The molecule has 0 amide bonds. The smallest absolute Gasteiger partial charge is 0.140 e. The van der Waals surface area contributed by atoms with Crippen molar-refractivity contribution in [2.24, 2.45) is 0 Å². The predicted molar refractivity (Wildman–Crippen MR) is 64.2 cm³/mol. The summed E-state index contributed by atoms with van der Waals surface area (Å²) in [5.74, 6) is 0. The summed E-state index contributed by atoms with van der Waals surface area (Å²) in [4.78, 5) is 8.07. The Bertz CT molecular complexity index is 510. The summed E-state index contributed by atoms with van der Waals surface area (Å²) < 4.78 is 2.07. The number of nitriles is 1. The molecule has 0 radical (unpaired) electrons. The molecule has 0 saturated heterocycles. The van der Waals surface area contributed by atoms with Gasteiger partial charge >= 0.3 is 0 Å². The molecule has 2 aromatic rings. The molecule has 0 fully saturated rings. The van der Waals surface area contributed by atoms with E-state index in [2.05, 4.69) is 27.5 Å². The zero-order chi connectivity index (χ0) is 12.1. The molecule has 0 aliphatic heterocycles. The van der Waals surface area contributed by atoms with Gasteiger partial charge in [-0.1, -0.05) is 13.3 Å². The maximum absolute atomic E-state index is 8.87. The molecular formula is C13H14N4. The third kappa shape index (κ3) is 2.51. The summed E-state index contributed by atoms with van der Waals surface area (Å²) in [5.41, 5.74) is 1.57. The monoisotopic (exact) mass is 226 g/mol. The number of imidazole rings is 1. The van der Waals surface area contributed by atoms with Gasteiger partial charge in [-0.05, 0) is 24.1 Å². The van der Waals surface area contributed by atoms with E-state index in [0.717, 1.165) is 18.4 Å². The zero-order valence-corrected chi connectivity index (χ0v) is 9.74. The van der Waals surface area contributed by atoms with Crippen LogP contribution < -0.4 is 0 Å². The maximum Gasteiger partial charge on any atom is 0.140 e. The summed E-state index contributed by atoms with van der Waals surface area (Å²) in [7, 11) is 0. The van der Waals surface area contributed by atoms with Crippen LogP contribution in [0.2, 0.25) is 0 Å². The number of nitrogens with zero attached hydrogens (tertiary/aromatic N) is 4. The van der Waals surface area contributed by atoms with Crippen LogP contribution in [0.1, 0.15) is 37.1 Å². The van der Waals surface area contributed by atoms with Gasteiger partial charge < -0.3 is 4.57 Å².